The van der Waals surface area contributed by atoms with Gasteiger partial charge < -0.3 is 15.1 Å². The first-order valence-corrected chi connectivity index (χ1v) is 11.4. The van der Waals surface area contributed by atoms with E-state index in [-0.39, 0.29) is 5.91 Å². The molecule has 8 heteroatoms. The number of carbonyl (C=O) groups excluding carboxylic acids is 1. The average Bonchev–Trinajstić information content (AvgIpc) is 3.16. The molecule has 2 aliphatic rings. The summed E-state index contributed by atoms with van der Waals surface area (Å²) in [7, 11) is 0. The van der Waals surface area contributed by atoms with E-state index in [0.29, 0.717) is 55.8 Å². The van der Waals surface area contributed by atoms with Gasteiger partial charge in [0.1, 0.15) is 18.0 Å². The molecule has 6 nitrogen and oxygen atoms in total. The zero-order chi connectivity index (χ0) is 22.0. The van der Waals surface area contributed by atoms with E-state index in [1.54, 1.807) is 18.5 Å². The Morgan fingerprint density at radius 3 is 2.77 bits per heavy atom. The Morgan fingerprint density at radius 1 is 1.29 bits per heavy atom. The number of anilines is 1. The number of nitrogens with one attached hydrogen (secondary N) is 1. The maximum Gasteiger partial charge on any atom is 0.231 e. The summed E-state index contributed by atoms with van der Waals surface area (Å²) < 4.78 is 14.6. The summed E-state index contributed by atoms with van der Waals surface area (Å²) >= 11 is 5.91. The number of benzene rings is 1. The molecule has 1 fully saturated rings. The number of aryl methyl sites for hydroxylation is 1. The molecule has 1 amide bonds. The fourth-order valence-electron chi connectivity index (χ4n) is 4.64. The van der Waals surface area contributed by atoms with Crippen molar-refractivity contribution in [2.45, 2.75) is 38.5 Å². The molecule has 1 aliphatic carbocycles. The van der Waals surface area contributed by atoms with Crippen LogP contribution in [0.2, 0.25) is 5.02 Å². The van der Waals surface area contributed by atoms with Crippen LogP contribution in [0.5, 0.6) is 0 Å². The predicted molar refractivity (Wildman–Crippen MR) is 120 cm³/mol. The van der Waals surface area contributed by atoms with Crippen molar-refractivity contribution in [2.24, 2.45) is 0 Å². The number of rotatable bonds is 6. The molecule has 1 aromatic heterocycles. The standard InChI is InChI=1S/C23H29ClFN5O/c1-3-26-13-18(17-6-5-16(24)12-19(17)25)23(31)30-10-8-29(9-11-30)22-21-15(2)4-7-20(21)27-14-28-22/h5-6,12,14-15,18,26H,3-4,7-11,13H2,1-2H3/t15-,18-/m1/s1. The lowest BCUT2D eigenvalue weighted by atomic mass is 9.96. The third-order valence-electron chi connectivity index (χ3n) is 6.38. The van der Waals surface area contributed by atoms with E-state index in [1.165, 1.54) is 11.6 Å². The number of likely N-dealkylation sites (N-methyl/N-ethyl adjacent to an activating group) is 1. The Labute approximate surface area is 187 Å². The van der Waals surface area contributed by atoms with Crippen molar-refractivity contribution in [3.8, 4) is 0 Å². The minimum absolute atomic E-state index is 0.0527. The maximum absolute atomic E-state index is 14.6. The van der Waals surface area contributed by atoms with E-state index in [1.807, 2.05) is 11.8 Å². The van der Waals surface area contributed by atoms with Gasteiger partial charge in [-0.05, 0) is 37.4 Å². The molecule has 1 aromatic carbocycles. The average molecular weight is 446 g/mol. The van der Waals surface area contributed by atoms with Crippen molar-refractivity contribution in [2.75, 3.05) is 44.2 Å². The lowest BCUT2D eigenvalue weighted by Crippen LogP contribution is -2.51. The topological polar surface area (TPSA) is 61.4 Å². The number of amides is 1. The maximum atomic E-state index is 14.6. The van der Waals surface area contributed by atoms with E-state index in [4.69, 9.17) is 11.6 Å². The largest absolute Gasteiger partial charge is 0.353 e. The molecule has 0 bridgehead atoms. The summed E-state index contributed by atoms with van der Waals surface area (Å²) in [6.07, 6.45) is 3.76. The number of hydrogen-bond acceptors (Lipinski definition) is 5. The molecule has 2 aromatic rings. The molecule has 0 saturated carbocycles. The number of fused-ring (bicyclic) bond motifs is 1. The summed E-state index contributed by atoms with van der Waals surface area (Å²) in [6, 6.07) is 4.54. The minimum Gasteiger partial charge on any atom is -0.353 e. The second kappa shape index (κ2) is 9.49. The molecule has 1 N–H and O–H groups in total. The third kappa shape index (κ3) is 4.53. The molecule has 31 heavy (non-hydrogen) atoms. The molecule has 0 spiro atoms. The van der Waals surface area contributed by atoms with E-state index in [0.717, 1.165) is 24.4 Å². The highest BCUT2D eigenvalue weighted by atomic mass is 35.5. The zero-order valence-electron chi connectivity index (χ0n) is 18.1. The van der Waals surface area contributed by atoms with Gasteiger partial charge in [0.2, 0.25) is 5.91 Å². The molecule has 1 aliphatic heterocycles. The van der Waals surface area contributed by atoms with Crippen molar-refractivity contribution in [3.63, 3.8) is 0 Å². The first-order valence-electron chi connectivity index (χ1n) is 11.0. The Kier molecular flexibility index (Phi) is 6.72. The van der Waals surface area contributed by atoms with Gasteiger partial charge in [-0.3, -0.25) is 4.79 Å². The molecule has 1 saturated heterocycles. The van der Waals surface area contributed by atoms with Gasteiger partial charge in [0, 0.05) is 54.6 Å². The van der Waals surface area contributed by atoms with Crippen LogP contribution in [0.3, 0.4) is 0 Å². The van der Waals surface area contributed by atoms with Crippen LogP contribution < -0.4 is 10.2 Å². The molecular weight excluding hydrogens is 417 g/mol. The number of halogens is 2. The van der Waals surface area contributed by atoms with E-state index in [9.17, 15) is 9.18 Å². The van der Waals surface area contributed by atoms with E-state index < -0.39 is 11.7 Å². The Balaban J connectivity index is 1.48. The number of carbonyl (C=O) groups is 1. The van der Waals surface area contributed by atoms with Crippen molar-refractivity contribution >= 4 is 23.3 Å². The molecule has 0 unspecified atom stereocenters. The number of aromatic nitrogens is 2. The summed E-state index contributed by atoms with van der Waals surface area (Å²) in [5.74, 6) is 0.404. The van der Waals surface area contributed by atoms with Gasteiger partial charge in [-0.25, -0.2) is 14.4 Å². The van der Waals surface area contributed by atoms with Crippen LogP contribution in [0.4, 0.5) is 10.2 Å². The van der Waals surface area contributed by atoms with Gasteiger partial charge in [0.25, 0.3) is 0 Å². The number of nitrogens with zero attached hydrogens (tertiary/aromatic N) is 4. The number of hydrogen-bond donors (Lipinski definition) is 1. The second-order valence-corrected chi connectivity index (χ2v) is 8.77. The summed E-state index contributed by atoms with van der Waals surface area (Å²) in [5.41, 5.74) is 2.80. The van der Waals surface area contributed by atoms with Crippen LogP contribution in [0.15, 0.2) is 24.5 Å². The lowest BCUT2D eigenvalue weighted by Gasteiger charge is -2.38. The van der Waals surface area contributed by atoms with Crippen LogP contribution in [0.25, 0.3) is 0 Å². The third-order valence-corrected chi connectivity index (χ3v) is 6.61. The van der Waals surface area contributed by atoms with Crippen LogP contribution in [-0.2, 0) is 11.2 Å². The highest BCUT2D eigenvalue weighted by Gasteiger charge is 2.32. The van der Waals surface area contributed by atoms with Crippen molar-refractivity contribution in [1.82, 2.24) is 20.2 Å². The molecule has 2 heterocycles. The highest BCUT2D eigenvalue weighted by molar-refractivity contribution is 6.30. The van der Waals surface area contributed by atoms with Gasteiger partial charge in [0.05, 0.1) is 5.92 Å². The zero-order valence-corrected chi connectivity index (χ0v) is 18.8. The van der Waals surface area contributed by atoms with Gasteiger partial charge in [-0.1, -0.05) is 31.5 Å². The summed E-state index contributed by atoms with van der Waals surface area (Å²) in [4.78, 5) is 26.5. The Morgan fingerprint density at radius 2 is 2.06 bits per heavy atom. The van der Waals surface area contributed by atoms with Gasteiger partial charge in [0.15, 0.2) is 0 Å². The monoisotopic (exact) mass is 445 g/mol. The molecule has 2 atom stereocenters. The quantitative estimate of drug-likeness (QED) is 0.738. The minimum atomic E-state index is -0.577. The van der Waals surface area contributed by atoms with Gasteiger partial charge in [-0.2, -0.15) is 0 Å². The fourth-order valence-corrected chi connectivity index (χ4v) is 4.80. The Hall–Kier alpha value is -2.25. The van der Waals surface area contributed by atoms with E-state index >= 15 is 0 Å². The van der Waals surface area contributed by atoms with Crippen LogP contribution >= 0.6 is 11.6 Å². The van der Waals surface area contributed by atoms with Gasteiger partial charge >= 0.3 is 0 Å². The smallest absolute Gasteiger partial charge is 0.231 e. The first kappa shape index (κ1) is 22.0. The normalized spacial score (nSPS) is 19.4. The fraction of sp³-hybridized carbons (Fsp3) is 0.522. The van der Waals surface area contributed by atoms with E-state index in [2.05, 4.69) is 27.1 Å². The van der Waals surface area contributed by atoms with Crippen LogP contribution in [0.1, 0.15) is 48.9 Å². The highest BCUT2D eigenvalue weighted by Crippen LogP contribution is 2.37. The predicted octanol–water partition coefficient (Wildman–Crippen LogP) is 3.36. The second-order valence-electron chi connectivity index (χ2n) is 8.34. The molecule has 4 rings (SSSR count). The molecular formula is C23H29ClFN5O. The summed E-state index contributed by atoms with van der Waals surface area (Å²) in [6.45, 7) is 7.89. The van der Waals surface area contributed by atoms with Gasteiger partial charge in [-0.15, -0.1) is 0 Å². The summed E-state index contributed by atoms with van der Waals surface area (Å²) in [5, 5.41) is 3.53. The van der Waals surface area contributed by atoms with Crippen molar-refractivity contribution < 1.29 is 9.18 Å². The van der Waals surface area contributed by atoms with Crippen LogP contribution in [0, 0.1) is 5.82 Å². The van der Waals surface area contributed by atoms with Crippen molar-refractivity contribution in [3.05, 3.63) is 52.2 Å². The SMILES string of the molecule is CCNC[C@@H](C(=O)N1CCN(c2ncnc3c2[C@H](C)CC3)CC1)c1ccc(Cl)cc1F. The number of piperazine rings is 1. The molecule has 0 radical (unpaired) electrons. The Bertz CT molecular complexity index is 948. The van der Waals surface area contributed by atoms with Crippen molar-refractivity contribution in [1.29, 1.82) is 0 Å². The first-order chi connectivity index (χ1) is 15.0. The van der Waals surface area contributed by atoms with Crippen LogP contribution in [-0.4, -0.2) is 60.0 Å². The molecule has 166 valence electrons. The lowest BCUT2D eigenvalue weighted by molar-refractivity contribution is -0.133.